The van der Waals surface area contributed by atoms with Crippen LogP contribution in [0.25, 0.3) is 0 Å². The molecular formula is C20H31N3O4. The number of hydrogen-bond acceptors (Lipinski definition) is 6. The average molecular weight is 377 g/mol. The summed E-state index contributed by atoms with van der Waals surface area (Å²) >= 11 is 0. The summed E-state index contributed by atoms with van der Waals surface area (Å²) in [6, 6.07) is 7.68. The minimum atomic E-state index is -0.693. The van der Waals surface area contributed by atoms with Crippen LogP contribution in [0.4, 0.5) is 4.79 Å². The Morgan fingerprint density at radius 3 is 2.81 bits per heavy atom. The first-order valence-corrected chi connectivity index (χ1v) is 9.85. The Morgan fingerprint density at radius 2 is 2.11 bits per heavy atom. The predicted molar refractivity (Wildman–Crippen MR) is 103 cm³/mol. The number of amides is 1. The maximum absolute atomic E-state index is 12.2. The van der Waals surface area contributed by atoms with Crippen LogP contribution < -0.4 is 20.7 Å². The fourth-order valence-electron chi connectivity index (χ4n) is 3.85. The second-order valence-electron chi connectivity index (χ2n) is 7.43. The lowest BCUT2D eigenvalue weighted by Crippen LogP contribution is -2.42. The van der Waals surface area contributed by atoms with E-state index in [1.165, 1.54) is 12.8 Å². The van der Waals surface area contributed by atoms with Crippen molar-refractivity contribution in [2.75, 3.05) is 33.3 Å². The van der Waals surface area contributed by atoms with Gasteiger partial charge in [-0.1, -0.05) is 12.1 Å². The number of methoxy groups -OCH3 is 1. The number of hydrogen-bond donors (Lipinski definition) is 4. The summed E-state index contributed by atoms with van der Waals surface area (Å²) in [4.78, 5) is 12.2. The van der Waals surface area contributed by atoms with Gasteiger partial charge in [0, 0.05) is 13.1 Å². The van der Waals surface area contributed by atoms with Crippen molar-refractivity contribution in [2.24, 2.45) is 5.92 Å². The van der Waals surface area contributed by atoms with Crippen LogP contribution in [0.1, 0.15) is 24.8 Å². The third-order valence-electron chi connectivity index (χ3n) is 5.44. The lowest BCUT2D eigenvalue weighted by Gasteiger charge is -2.24. The second kappa shape index (κ2) is 9.92. The van der Waals surface area contributed by atoms with Crippen molar-refractivity contribution in [2.45, 2.75) is 43.9 Å². The van der Waals surface area contributed by atoms with Gasteiger partial charge in [0.1, 0.15) is 18.0 Å². The van der Waals surface area contributed by atoms with Crippen LogP contribution in [-0.2, 0) is 11.2 Å². The van der Waals surface area contributed by atoms with Gasteiger partial charge in [0.2, 0.25) is 0 Å². The summed E-state index contributed by atoms with van der Waals surface area (Å²) < 4.78 is 10.7. The molecule has 0 spiro atoms. The molecule has 0 bridgehead atoms. The molecular weight excluding hydrogens is 346 g/mol. The van der Waals surface area contributed by atoms with E-state index < -0.39 is 18.3 Å². The Balaban J connectivity index is 1.45. The van der Waals surface area contributed by atoms with Gasteiger partial charge in [-0.05, 0) is 62.4 Å². The maximum atomic E-state index is 12.2. The van der Waals surface area contributed by atoms with Crippen LogP contribution in [-0.4, -0.2) is 62.7 Å². The van der Waals surface area contributed by atoms with Gasteiger partial charge < -0.3 is 30.5 Å². The van der Waals surface area contributed by atoms with Gasteiger partial charge in [-0.15, -0.1) is 0 Å². The van der Waals surface area contributed by atoms with Crippen molar-refractivity contribution in [3.63, 3.8) is 0 Å². The molecule has 27 heavy (non-hydrogen) atoms. The summed E-state index contributed by atoms with van der Waals surface area (Å²) in [7, 11) is 1.64. The van der Waals surface area contributed by atoms with Crippen LogP contribution in [0.15, 0.2) is 24.3 Å². The number of β-amino-alcohol motifs (C(OH)–C–C–N with tert-alkyl or cyclic N) is 1. The molecule has 1 aromatic carbocycles. The van der Waals surface area contributed by atoms with Crippen LogP contribution in [0.3, 0.4) is 0 Å². The van der Waals surface area contributed by atoms with E-state index >= 15 is 0 Å². The molecule has 2 aliphatic rings. The number of piperidine rings is 1. The number of alkyl carbamates (subject to hydrolysis) is 1. The standard InChI is InChI=1S/C20H31N3O4/c1-26-16-6-4-14(5-7-16)11-17-19(18(24)13-23-17)27-20(25)22-10-8-15-3-2-9-21-12-15/h4-7,15,17-19,21,23-24H,2-3,8-13H2,1H3,(H,22,25)/t15-,17+,18-,19-/m0/s1. The first kappa shape index (κ1) is 19.9. The van der Waals surface area contributed by atoms with E-state index in [9.17, 15) is 9.90 Å². The minimum Gasteiger partial charge on any atom is -0.497 e. The summed E-state index contributed by atoms with van der Waals surface area (Å²) in [5, 5.41) is 19.7. The molecule has 3 rings (SSSR count). The quantitative estimate of drug-likeness (QED) is 0.568. The molecule has 2 heterocycles. The van der Waals surface area contributed by atoms with Crippen molar-refractivity contribution in [3.8, 4) is 5.75 Å². The SMILES string of the molecule is COc1ccc(C[C@H]2NC[C@H](O)[C@H]2OC(=O)NCC[C@@H]2CCCNC2)cc1. The molecule has 0 unspecified atom stereocenters. The summed E-state index contributed by atoms with van der Waals surface area (Å²) in [6.45, 7) is 3.14. The third kappa shape index (κ3) is 5.82. The van der Waals surface area contributed by atoms with E-state index in [2.05, 4.69) is 16.0 Å². The normalized spacial score (nSPS) is 27.9. The third-order valence-corrected chi connectivity index (χ3v) is 5.44. The van der Waals surface area contributed by atoms with Crippen molar-refractivity contribution >= 4 is 6.09 Å². The molecule has 4 atom stereocenters. The van der Waals surface area contributed by atoms with E-state index in [-0.39, 0.29) is 6.04 Å². The molecule has 0 radical (unpaired) electrons. The van der Waals surface area contributed by atoms with E-state index in [4.69, 9.17) is 9.47 Å². The molecule has 7 nitrogen and oxygen atoms in total. The Kier molecular flexibility index (Phi) is 7.32. The second-order valence-corrected chi connectivity index (χ2v) is 7.43. The highest BCUT2D eigenvalue weighted by molar-refractivity contribution is 5.67. The predicted octanol–water partition coefficient (Wildman–Crippen LogP) is 1.05. The number of aliphatic hydroxyl groups excluding tert-OH is 1. The number of carbonyl (C=O) groups excluding carboxylic acids is 1. The van der Waals surface area contributed by atoms with Gasteiger partial charge in [0.15, 0.2) is 0 Å². The first-order chi connectivity index (χ1) is 13.2. The molecule has 2 aliphatic heterocycles. The molecule has 7 heteroatoms. The van der Waals surface area contributed by atoms with Gasteiger partial charge in [-0.2, -0.15) is 0 Å². The molecule has 0 aromatic heterocycles. The van der Waals surface area contributed by atoms with Crippen LogP contribution in [0, 0.1) is 5.92 Å². The Labute approximate surface area is 160 Å². The van der Waals surface area contributed by atoms with Crippen LogP contribution >= 0.6 is 0 Å². The molecule has 150 valence electrons. The van der Waals surface area contributed by atoms with Crippen LogP contribution in [0.2, 0.25) is 0 Å². The summed E-state index contributed by atoms with van der Waals surface area (Å²) in [5.74, 6) is 1.42. The van der Waals surface area contributed by atoms with Crippen molar-refractivity contribution in [3.05, 3.63) is 29.8 Å². The largest absolute Gasteiger partial charge is 0.497 e. The molecule has 0 saturated carbocycles. The summed E-state index contributed by atoms with van der Waals surface area (Å²) in [5.41, 5.74) is 1.10. The summed E-state index contributed by atoms with van der Waals surface area (Å²) in [6.07, 6.45) is 2.33. The molecule has 2 fully saturated rings. The lowest BCUT2D eigenvalue weighted by atomic mass is 9.96. The zero-order chi connectivity index (χ0) is 19.1. The first-order valence-electron chi connectivity index (χ1n) is 9.85. The average Bonchev–Trinajstić information content (AvgIpc) is 3.03. The smallest absolute Gasteiger partial charge is 0.407 e. The van der Waals surface area contributed by atoms with Crippen molar-refractivity contribution < 1.29 is 19.4 Å². The molecule has 1 amide bonds. The number of carbonyl (C=O) groups is 1. The highest BCUT2D eigenvalue weighted by Gasteiger charge is 2.37. The van der Waals surface area contributed by atoms with Crippen LogP contribution in [0.5, 0.6) is 5.75 Å². The fourth-order valence-corrected chi connectivity index (χ4v) is 3.85. The Morgan fingerprint density at radius 1 is 1.30 bits per heavy atom. The van der Waals surface area contributed by atoms with E-state index in [0.29, 0.717) is 25.4 Å². The van der Waals surface area contributed by atoms with Crippen molar-refractivity contribution in [1.29, 1.82) is 0 Å². The van der Waals surface area contributed by atoms with Gasteiger partial charge in [0.05, 0.1) is 13.2 Å². The Bertz CT molecular complexity index is 589. The monoisotopic (exact) mass is 377 g/mol. The highest BCUT2D eigenvalue weighted by Crippen LogP contribution is 2.19. The molecule has 2 saturated heterocycles. The maximum Gasteiger partial charge on any atom is 0.407 e. The topological polar surface area (TPSA) is 91.8 Å². The van der Waals surface area contributed by atoms with E-state index in [1.54, 1.807) is 7.11 Å². The molecule has 1 aromatic rings. The number of ether oxygens (including phenoxy) is 2. The fraction of sp³-hybridized carbons (Fsp3) is 0.650. The lowest BCUT2D eigenvalue weighted by molar-refractivity contribution is 0.0188. The number of benzene rings is 1. The van der Waals surface area contributed by atoms with Gasteiger partial charge >= 0.3 is 6.09 Å². The minimum absolute atomic E-state index is 0.110. The molecule has 0 aliphatic carbocycles. The van der Waals surface area contributed by atoms with Crippen molar-refractivity contribution in [1.82, 2.24) is 16.0 Å². The number of nitrogens with one attached hydrogen (secondary N) is 3. The highest BCUT2D eigenvalue weighted by atomic mass is 16.6. The zero-order valence-electron chi connectivity index (χ0n) is 15.9. The number of aliphatic hydroxyl groups is 1. The van der Waals surface area contributed by atoms with E-state index in [1.807, 2.05) is 24.3 Å². The van der Waals surface area contributed by atoms with Gasteiger partial charge in [-0.25, -0.2) is 4.79 Å². The number of rotatable bonds is 7. The molecule has 4 N–H and O–H groups in total. The van der Waals surface area contributed by atoms with Gasteiger partial charge in [0.25, 0.3) is 0 Å². The zero-order valence-corrected chi connectivity index (χ0v) is 15.9. The Hall–Kier alpha value is -1.83. The van der Waals surface area contributed by atoms with E-state index in [0.717, 1.165) is 30.8 Å². The van der Waals surface area contributed by atoms with Gasteiger partial charge in [-0.3, -0.25) is 0 Å².